The van der Waals surface area contributed by atoms with Crippen LogP contribution in [0, 0.1) is 10.1 Å². The molecule has 2 aromatic carbocycles. The minimum atomic E-state index is -0.711. The van der Waals surface area contributed by atoms with E-state index in [4.69, 9.17) is 9.15 Å². The summed E-state index contributed by atoms with van der Waals surface area (Å²) >= 11 is 2.77. The van der Waals surface area contributed by atoms with Crippen molar-refractivity contribution in [1.29, 1.82) is 0 Å². The number of carbonyl (C=O) groups excluding carboxylic acids is 1. The van der Waals surface area contributed by atoms with Gasteiger partial charge in [0.15, 0.2) is 4.80 Å². The third-order valence-electron chi connectivity index (χ3n) is 6.21. The number of thioether (sulfide) groups is 1. The second kappa shape index (κ2) is 10.9. The molecule has 0 saturated carbocycles. The van der Waals surface area contributed by atoms with E-state index in [1.54, 1.807) is 62.0 Å². The van der Waals surface area contributed by atoms with E-state index in [1.165, 1.54) is 22.0 Å². The molecule has 0 spiro atoms. The number of benzene rings is 2. The molecule has 5 rings (SSSR count). The molecule has 4 aromatic rings. The molecule has 198 valence electrons. The molecule has 0 saturated heterocycles. The summed E-state index contributed by atoms with van der Waals surface area (Å²) in [6, 6.07) is 16.6. The number of hydrogen-bond acceptors (Lipinski definition) is 9. The van der Waals surface area contributed by atoms with Crippen LogP contribution in [0.4, 0.5) is 5.69 Å². The number of furan rings is 1. The first-order valence-corrected chi connectivity index (χ1v) is 14.0. The van der Waals surface area contributed by atoms with Crippen molar-refractivity contribution < 1.29 is 18.9 Å². The molecule has 39 heavy (non-hydrogen) atoms. The smallest absolute Gasteiger partial charge is 0.338 e. The largest absolute Gasteiger partial charge is 0.463 e. The van der Waals surface area contributed by atoms with Gasteiger partial charge in [-0.05, 0) is 56.0 Å². The van der Waals surface area contributed by atoms with Crippen LogP contribution < -0.4 is 14.9 Å². The number of para-hydroxylation sites is 1. The number of esters is 1. The molecule has 1 unspecified atom stereocenters. The number of nitro benzene ring substituents is 1. The normalized spacial score (nSPS) is 15.2. The van der Waals surface area contributed by atoms with E-state index in [0.717, 1.165) is 10.5 Å². The average Bonchev–Trinajstić information content (AvgIpc) is 3.52. The summed E-state index contributed by atoms with van der Waals surface area (Å²) in [6.45, 7) is 3.66. The number of ether oxygens (including phenoxy) is 1. The van der Waals surface area contributed by atoms with Gasteiger partial charge < -0.3 is 9.15 Å². The van der Waals surface area contributed by atoms with Crippen molar-refractivity contribution in [3.05, 3.63) is 113 Å². The number of thiazole rings is 1. The maximum absolute atomic E-state index is 13.8. The summed E-state index contributed by atoms with van der Waals surface area (Å²) in [5.74, 6) is 0.149. The van der Waals surface area contributed by atoms with Gasteiger partial charge in [-0.25, -0.2) is 9.79 Å². The number of fused-ring (bicyclic) bond motifs is 1. The highest BCUT2D eigenvalue weighted by molar-refractivity contribution is 7.98. The summed E-state index contributed by atoms with van der Waals surface area (Å²) in [5, 5.41) is 11.4. The van der Waals surface area contributed by atoms with E-state index in [0.29, 0.717) is 37.7 Å². The second-order valence-electron chi connectivity index (χ2n) is 8.55. The van der Waals surface area contributed by atoms with E-state index in [-0.39, 0.29) is 17.9 Å². The number of nitro groups is 1. The van der Waals surface area contributed by atoms with Gasteiger partial charge in [-0.15, -0.1) is 11.8 Å². The molecule has 1 aliphatic rings. The van der Waals surface area contributed by atoms with Crippen LogP contribution in [0.15, 0.2) is 91.0 Å². The first-order chi connectivity index (χ1) is 18.8. The highest BCUT2D eigenvalue weighted by Gasteiger charge is 2.33. The number of allylic oxidation sites excluding steroid dienone is 1. The van der Waals surface area contributed by atoms with Gasteiger partial charge in [0.1, 0.15) is 11.5 Å². The van der Waals surface area contributed by atoms with Crippen molar-refractivity contribution in [3.63, 3.8) is 0 Å². The van der Waals surface area contributed by atoms with Crippen LogP contribution in [-0.2, 0) is 9.53 Å². The molecule has 11 heteroatoms. The number of rotatable bonds is 7. The van der Waals surface area contributed by atoms with E-state index < -0.39 is 16.9 Å². The van der Waals surface area contributed by atoms with Gasteiger partial charge in [0.2, 0.25) is 0 Å². The van der Waals surface area contributed by atoms with Gasteiger partial charge in [-0.1, -0.05) is 35.6 Å². The maximum atomic E-state index is 13.8. The predicted octanol–water partition coefficient (Wildman–Crippen LogP) is 4.69. The van der Waals surface area contributed by atoms with Gasteiger partial charge >= 0.3 is 5.97 Å². The molecule has 2 aromatic heterocycles. The standard InChI is InChI=1S/C28H23N3O6S2/c1-4-36-27(33)24-16(2)29-28-30(25(24)17-9-12-19(38-3)13-10-17)26(32)23(39-28)15-18-11-14-22(37-18)20-7-5-6-8-21(20)31(34)35/h5-15,25H,4H2,1-3H3/b23-15-. The molecular formula is C28H23N3O6S2. The molecular weight excluding hydrogens is 538 g/mol. The summed E-state index contributed by atoms with van der Waals surface area (Å²) in [4.78, 5) is 43.8. The highest BCUT2D eigenvalue weighted by atomic mass is 32.2. The molecule has 1 atom stereocenters. The number of nitrogens with zero attached hydrogens (tertiary/aromatic N) is 3. The number of hydrogen-bond donors (Lipinski definition) is 0. The zero-order valence-electron chi connectivity index (χ0n) is 21.2. The van der Waals surface area contributed by atoms with Crippen LogP contribution in [0.2, 0.25) is 0 Å². The maximum Gasteiger partial charge on any atom is 0.338 e. The van der Waals surface area contributed by atoms with Crippen molar-refractivity contribution in [2.75, 3.05) is 12.9 Å². The van der Waals surface area contributed by atoms with Gasteiger partial charge in [0.25, 0.3) is 11.2 Å². The van der Waals surface area contributed by atoms with Crippen molar-refractivity contribution in [2.24, 2.45) is 4.99 Å². The third kappa shape index (κ3) is 4.98. The van der Waals surface area contributed by atoms with E-state index in [2.05, 4.69) is 4.99 Å². The monoisotopic (exact) mass is 561 g/mol. The van der Waals surface area contributed by atoms with Crippen molar-refractivity contribution in [2.45, 2.75) is 24.8 Å². The molecule has 0 radical (unpaired) electrons. The van der Waals surface area contributed by atoms with Crippen molar-refractivity contribution in [3.8, 4) is 11.3 Å². The molecule has 3 heterocycles. The average molecular weight is 562 g/mol. The third-order valence-corrected chi connectivity index (χ3v) is 7.94. The Labute approximate surface area is 230 Å². The fraction of sp³-hybridized carbons (Fsp3) is 0.179. The Balaban J connectivity index is 1.63. The lowest BCUT2D eigenvalue weighted by Crippen LogP contribution is -2.39. The quantitative estimate of drug-likeness (QED) is 0.139. The van der Waals surface area contributed by atoms with Gasteiger partial charge in [-0.2, -0.15) is 0 Å². The van der Waals surface area contributed by atoms with Crippen LogP contribution in [-0.4, -0.2) is 28.3 Å². The zero-order chi connectivity index (χ0) is 27.7. The fourth-order valence-electron chi connectivity index (χ4n) is 4.44. The van der Waals surface area contributed by atoms with Crippen molar-refractivity contribution in [1.82, 2.24) is 4.57 Å². The second-order valence-corrected chi connectivity index (χ2v) is 10.4. The topological polar surface area (TPSA) is 117 Å². The molecule has 1 aliphatic heterocycles. The van der Waals surface area contributed by atoms with Crippen LogP contribution in [0.5, 0.6) is 0 Å². The number of aromatic nitrogens is 1. The Bertz CT molecular complexity index is 1800. The molecule has 0 bridgehead atoms. The fourth-order valence-corrected chi connectivity index (χ4v) is 5.87. The van der Waals surface area contributed by atoms with E-state index in [9.17, 15) is 19.7 Å². The molecule has 0 N–H and O–H groups in total. The van der Waals surface area contributed by atoms with Crippen LogP contribution in [0.1, 0.15) is 31.2 Å². The lowest BCUT2D eigenvalue weighted by atomic mass is 9.96. The Morgan fingerprint density at radius 3 is 2.64 bits per heavy atom. The summed E-state index contributed by atoms with van der Waals surface area (Å²) in [6.07, 6.45) is 3.56. The first-order valence-electron chi connectivity index (χ1n) is 12.0. The van der Waals surface area contributed by atoms with E-state index >= 15 is 0 Å². The van der Waals surface area contributed by atoms with Crippen LogP contribution >= 0.6 is 23.1 Å². The van der Waals surface area contributed by atoms with Crippen molar-refractivity contribution >= 4 is 40.8 Å². The Morgan fingerprint density at radius 2 is 1.95 bits per heavy atom. The van der Waals surface area contributed by atoms with Crippen LogP contribution in [0.25, 0.3) is 17.4 Å². The van der Waals surface area contributed by atoms with Gasteiger partial charge in [0.05, 0.1) is 38.9 Å². The molecule has 0 aliphatic carbocycles. The Hall–Kier alpha value is -4.22. The minimum Gasteiger partial charge on any atom is -0.463 e. The lowest BCUT2D eigenvalue weighted by Gasteiger charge is -2.24. The predicted molar refractivity (Wildman–Crippen MR) is 149 cm³/mol. The lowest BCUT2D eigenvalue weighted by molar-refractivity contribution is -0.384. The SMILES string of the molecule is CCOC(=O)C1=C(C)N=c2s/c(=C\c3ccc(-c4ccccc4[N+](=O)[O-])o3)c(=O)n2C1c1ccc(SC)cc1. The molecule has 9 nitrogen and oxygen atoms in total. The highest BCUT2D eigenvalue weighted by Crippen LogP contribution is 2.33. The summed E-state index contributed by atoms with van der Waals surface area (Å²) in [5.41, 5.74) is 1.48. The Morgan fingerprint density at radius 1 is 1.21 bits per heavy atom. The molecule has 0 amide bonds. The van der Waals surface area contributed by atoms with E-state index in [1.807, 2.05) is 30.5 Å². The Kier molecular flexibility index (Phi) is 7.36. The van der Waals surface area contributed by atoms with Gasteiger partial charge in [-0.3, -0.25) is 19.5 Å². The van der Waals surface area contributed by atoms with Gasteiger partial charge in [0, 0.05) is 17.0 Å². The first kappa shape index (κ1) is 26.4. The summed E-state index contributed by atoms with van der Waals surface area (Å²) < 4.78 is 13.1. The molecule has 0 fully saturated rings. The van der Waals surface area contributed by atoms with Crippen LogP contribution in [0.3, 0.4) is 0 Å². The summed E-state index contributed by atoms with van der Waals surface area (Å²) in [7, 11) is 0. The minimum absolute atomic E-state index is 0.0766. The number of carbonyl (C=O) groups is 1. The zero-order valence-corrected chi connectivity index (χ0v) is 22.9.